The first-order valence-corrected chi connectivity index (χ1v) is 9.23. The maximum absolute atomic E-state index is 4.86. The zero-order chi connectivity index (χ0) is 19.1. The molecule has 3 aromatic rings. The Bertz CT molecular complexity index is 853. The van der Waals surface area contributed by atoms with Gasteiger partial charge < -0.3 is 4.90 Å². The van der Waals surface area contributed by atoms with Crippen LogP contribution in [0.25, 0.3) is 11.1 Å². The van der Waals surface area contributed by atoms with Crippen molar-refractivity contribution >= 4 is 5.84 Å². The molecule has 0 aliphatic rings. The van der Waals surface area contributed by atoms with E-state index in [0.29, 0.717) is 6.67 Å². The number of benzene rings is 3. The predicted molar refractivity (Wildman–Crippen MR) is 115 cm³/mol. The average molecular weight is 358 g/mol. The minimum Gasteiger partial charge on any atom is -0.355 e. The first kappa shape index (κ1) is 18.9. The molecule has 3 aromatic carbocycles. The Morgan fingerprint density at radius 2 is 1.26 bits per heavy atom. The average Bonchev–Trinajstić information content (AvgIpc) is 2.70. The molecule has 0 saturated heterocycles. The molecule has 0 fully saturated rings. The zero-order valence-electron chi connectivity index (χ0n) is 16.3. The van der Waals surface area contributed by atoms with Gasteiger partial charge in [0.2, 0.25) is 0 Å². The summed E-state index contributed by atoms with van der Waals surface area (Å²) in [6.45, 7) is 1.49. The summed E-state index contributed by atoms with van der Waals surface area (Å²) in [6, 6.07) is 29.6. The van der Waals surface area contributed by atoms with Crippen molar-refractivity contribution in [2.24, 2.45) is 4.99 Å². The van der Waals surface area contributed by atoms with Gasteiger partial charge in [0.1, 0.15) is 5.84 Å². The quantitative estimate of drug-likeness (QED) is 0.468. The van der Waals surface area contributed by atoms with Gasteiger partial charge in [-0.25, -0.2) is 0 Å². The normalized spacial score (nSPS) is 11.6. The molecule has 0 bridgehead atoms. The van der Waals surface area contributed by atoms with Crippen molar-refractivity contribution in [1.82, 2.24) is 9.80 Å². The van der Waals surface area contributed by atoms with Crippen molar-refractivity contribution in [3.8, 4) is 11.1 Å². The van der Waals surface area contributed by atoms with Crippen LogP contribution < -0.4 is 0 Å². The van der Waals surface area contributed by atoms with E-state index in [1.54, 1.807) is 0 Å². The van der Waals surface area contributed by atoms with Crippen molar-refractivity contribution < 1.29 is 0 Å². The molecule has 0 aliphatic carbocycles. The fourth-order valence-electron chi connectivity index (χ4n) is 3.02. The van der Waals surface area contributed by atoms with Crippen LogP contribution in [0.3, 0.4) is 0 Å². The van der Waals surface area contributed by atoms with Crippen LogP contribution in [0, 0.1) is 0 Å². The lowest BCUT2D eigenvalue weighted by Crippen LogP contribution is -2.28. The van der Waals surface area contributed by atoms with Crippen molar-refractivity contribution in [1.29, 1.82) is 0 Å². The van der Waals surface area contributed by atoms with E-state index in [0.717, 1.165) is 17.9 Å². The number of rotatable bonds is 6. The molecule has 0 unspecified atom stereocenters. The van der Waals surface area contributed by atoms with E-state index in [-0.39, 0.29) is 0 Å². The minimum atomic E-state index is 0.662. The monoisotopic (exact) mass is 357 g/mol. The fourth-order valence-corrected chi connectivity index (χ4v) is 3.02. The van der Waals surface area contributed by atoms with Gasteiger partial charge in [-0.2, -0.15) is 0 Å². The van der Waals surface area contributed by atoms with Gasteiger partial charge in [0.05, 0.1) is 6.67 Å². The highest BCUT2D eigenvalue weighted by Gasteiger charge is 2.11. The maximum Gasteiger partial charge on any atom is 0.132 e. The van der Waals surface area contributed by atoms with Gasteiger partial charge in [0, 0.05) is 19.2 Å². The van der Waals surface area contributed by atoms with Gasteiger partial charge in [0.15, 0.2) is 0 Å². The highest BCUT2D eigenvalue weighted by molar-refractivity contribution is 5.99. The van der Waals surface area contributed by atoms with Gasteiger partial charge >= 0.3 is 0 Å². The van der Waals surface area contributed by atoms with Gasteiger partial charge in [-0.05, 0) is 30.8 Å². The van der Waals surface area contributed by atoms with E-state index >= 15 is 0 Å². The largest absolute Gasteiger partial charge is 0.355 e. The number of hydrogen-bond donors (Lipinski definition) is 0. The fraction of sp³-hybridized carbons (Fsp3) is 0.208. The molecule has 138 valence electrons. The minimum absolute atomic E-state index is 0.662. The molecule has 0 saturated carbocycles. The number of nitrogens with zero attached hydrogens (tertiary/aromatic N) is 3. The van der Waals surface area contributed by atoms with Crippen LogP contribution in [0.15, 0.2) is 89.9 Å². The summed E-state index contributed by atoms with van der Waals surface area (Å²) in [5.74, 6) is 1.01. The lowest BCUT2D eigenvalue weighted by Gasteiger charge is -2.23. The summed E-state index contributed by atoms with van der Waals surface area (Å²) >= 11 is 0. The molecule has 27 heavy (non-hydrogen) atoms. The molecule has 0 spiro atoms. The van der Waals surface area contributed by atoms with Crippen LogP contribution in [-0.4, -0.2) is 43.4 Å². The molecule has 0 aliphatic heterocycles. The van der Waals surface area contributed by atoms with Crippen LogP contribution in [0.4, 0.5) is 0 Å². The molecule has 0 amide bonds. The first-order valence-electron chi connectivity index (χ1n) is 9.23. The number of hydrogen-bond acceptors (Lipinski definition) is 2. The second-order valence-corrected chi connectivity index (χ2v) is 6.99. The Morgan fingerprint density at radius 3 is 1.85 bits per heavy atom. The summed E-state index contributed by atoms with van der Waals surface area (Å²) in [4.78, 5) is 9.16. The smallest absolute Gasteiger partial charge is 0.132 e. The third-order valence-corrected chi connectivity index (χ3v) is 4.38. The summed E-state index contributed by atoms with van der Waals surface area (Å²) < 4.78 is 0. The molecule has 0 aromatic heterocycles. The van der Waals surface area contributed by atoms with E-state index in [1.807, 2.05) is 26.2 Å². The molecule has 0 N–H and O–H groups in total. The van der Waals surface area contributed by atoms with Gasteiger partial charge in [-0.15, -0.1) is 0 Å². The second kappa shape index (κ2) is 9.15. The van der Waals surface area contributed by atoms with E-state index in [2.05, 4.69) is 89.6 Å². The summed E-state index contributed by atoms with van der Waals surface area (Å²) in [6.07, 6.45) is 0. The topological polar surface area (TPSA) is 18.8 Å². The van der Waals surface area contributed by atoms with Gasteiger partial charge in [-0.3, -0.25) is 9.89 Å². The predicted octanol–water partition coefficient (Wildman–Crippen LogP) is 4.75. The van der Waals surface area contributed by atoms with E-state index in [9.17, 15) is 0 Å². The van der Waals surface area contributed by atoms with Gasteiger partial charge in [-0.1, -0.05) is 84.9 Å². The molecule has 0 atom stereocenters. The molecular weight excluding hydrogens is 330 g/mol. The molecule has 0 heterocycles. The van der Waals surface area contributed by atoms with E-state index in [4.69, 9.17) is 4.99 Å². The number of aliphatic imine (C=N–C) groups is 1. The van der Waals surface area contributed by atoms with E-state index in [1.165, 1.54) is 16.7 Å². The summed E-state index contributed by atoms with van der Waals surface area (Å²) in [7, 11) is 6.18. The zero-order valence-corrected chi connectivity index (χ0v) is 16.3. The summed E-state index contributed by atoms with van der Waals surface area (Å²) in [5.41, 5.74) is 4.86. The lowest BCUT2D eigenvalue weighted by atomic mass is 10.0. The van der Waals surface area contributed by atoms with Crippen LogP contribution in [0.1, 0.15) is 11.1 Å². The molecule has 0 radical (unpaired) electrons. The van der Waals surface area contributed by atoms with Crippen LogP contribution >= 0.6 is 0 Å². The highest BCUT2D eigenvalue weighted by Crippen LogP contribution is 2.20. The van der Waals surface area contributed by atoms with Crippen molar-refractivity contribution in [2.45, 2.75) is 6.54 Å². The Morgan fingerprint density at radius 1 is 0.704 bits per heavy atom. The Kier molecular flexibility index (Phi) is 6.39. The van der Waals surface area contributed by atoms with Crippen molar-refractivity contribution in [2.75, 3.05) is 27.8 Å². The SMILES string of the molecule is CN(C)C/N=C(/c1ccc(-c2ccccc2)cc1)N(C)Cc1ccccc1. The van der Waals surface area contributed by atoms with Crippen LogP contribution in [0.5, 0.6) is 0 Å². The van der Waals surface area contributed by atoms with Crippen molar-refractivity contribution in [3.63, 3.8) is 0 Å². The van der Waals surface area contributed by atoms with Crippen LogP contribution in [0.2, 0.25) is 0 Å². The van der Waals surface area contributed by atoms with Gasteiger partial charge in [0.25, 0.3) is 0 Å². The van der Waals surface area contributed by atoms with Crippen molar-refractivity contribution in [3.05, 3.63) is 96.1 Å². The Balaban J connectivity index is 1.85. The molecule has 3 heteroatoms. The molecule has 3 nitrogen and oxygen atoms in total. The molecular formula is C24H27N3. The second-order valence-electron chi connectivity index (χ2n) is 6.99. The maximum atomic E-state index is 4.86. The Labute approximate surface area is 162 Å². The lowest BCUT2D eigenvalue weighted by molar-refractivity contribution is 0.416. The third kappa shape index (κ3) is 5.28. The third-order valence-electron chi connectivity index (χ3n) is 4.38. The van der Waals surface area contributed by atoms with E-state index < -0.39 is 0 Å². The standard InChI is InChI=1S/C24H27N3/c1-26(2)19-25-24(27(3)18-20-10-6-4-7-11-20)23-16-14-22(15-17-23)21-12-8-5-9-13-21/h4-17H,18-19H2,1-3H3/b25-24-. The highest BCUT2D eigenvalue weighted by atomic mass is 15.2. The van der Waals surface area contributed by atoms with Crippen LogP contribution in [-0.2, 0) is 6.54 Å². The Hall–Kier alpha value is -2.91. The molecule has 3 rings (SSSR count). The first-order chi connectivity index (χ1) is 13.1. The number of amidine groups is 1. The summed E-state index contributed by atoms with van der Waals surface area (Å²) in [5, 5.41) is 0.